The van der Waals surface area contributed by atoms with Crippen molar-refractivity contribution < 1.29 is 14.3 Å². The molecular weight excluding hydrogens is 410 g/mol. The average Bonchev–Trinajstić information content (AvgIpc) is 3.14. The van der Waals surface area contributed by atoms with Gasteiger partial charge in [0.1, 0.15) is 17.3 Å². The summed E-state index contributed by atoms with van der Waals surface area (Å²) in [4.78, 5) is 28.9. The predicted octanol–water partition coefficient (Wildman–Crippen LogP) is 2.54. The van der Waals surface area contributed by atoms with Crippen molar-refractivity contribution in [3.63, 3.8) is 0 Å². The molecule has 9 heteroatoms. The topological polar surface area (TPSA) is 102 Å². The number of fused-ring (bicyclic) bond motifs is 1. The number of H-pyrrole nitrogens is 1. The second kappa shape index (κ2) is 8.64. The third kappa shape index (κ3) is 3.85. The molecule has 0 unspecified atom stereocenters. The van der Waals surface area contributed by atoms with Gasteiger partial charge in [-0.1, -0.05) is 17.3 Å². The molecule has 0 spiro atoms. The molecular formula is C23H21N5O4. The van der Waals surface area contributed by atoms with E-state index in [1.807, 2.05) is 18.2 Å². The van der Waals surface area contributed by atoms with E-state index in [1.165, 1.54) is 0 Å². The summed E-state index contributed by atoms with van der Waals surface area (Å²) >= 11 is 0. The fourth-order valence-corrected chi connectivity index (χ4v) is 3.88. The highest BCUT2D eigenvalue weighted by Crippen LogP contribution is 2.27. The molecule has 2 aromatic carbocycles. The number of pyridine rings is 1. The highest BCUT2D eigenvalue weighted by atomic mass is 16.5. The number of nitrogens with one attached hydrogen (secondary N) is 1. The number of hydrogen-bond donors (Lipinski definition) is 1. The maximum atomic E-state index is 12.9. The molecule has 4 aromatic rings. The zero-order chi connectivity index (χ0) is 21.9. The van der Waals surface area contributed by atoms with Gasteiger partial charge in [0, 0.05) is 36.7 Å². The number of nitrogens with zero attached hydrogens (tertiary/aromatic N) is 4. The molecule has 5 rings (SSSR count). The fourth-order valence-electron chi connectivity index (χ4n) is 3.88. The molecule has 1 fully saturated rings. The minimum atomic E-state index is -0.0427. The number of aromatic amines is 1. The van der Waals surface area contributed by atoms with Crippen LogP contribution in [0.3, 0.4) is 0 Å². The number of ether oxygens (including phenoxy) is 2. The van der Waals surface area contributed by atoms with E-state index in [0.29, 0.717) is 29.9 Å². The monoisotopic (exact) mass is 431 g/mol. The van der Waals surface area contributed by atoms with Gasteiger partial charge in [0.2, 0.25) is 0 Å². The van der Waals surface area contributed by atoms with Gasteiger partial charge in [0.05, 0.1) is 24.0 Å². The molecule has 0 bridgehead atoms. The summed E-state index contributed by atoms with van der Waals surface area (Å²) in [6, 6.07) is 14.1. The zero-order valence-electron chi connectivity index (χ0n) is 17.2. The van der Waals surface area contributed by atoms with Gasteiger partial charge in [0.25, 0.3) is 6.47 Å². The first-order chi connectivity index (χ1) is 15.7. The van der Waals surface area contributed by atoms with Crippen LogP contribution in [0.25, 0.3) is 27.8 Å². The smallest absolute Gasteiger partial charge is 0.298 e. The highest BCUT2D eigenvalue weighted by Gasteiger charge is 2.16. The lowest BCUT2D eigenvalue weighted by molar-refractivity contribution is -0.120. The van der Waals surface area contributed by atoms with E-state index in [1.54, 1.807) is 41.2 Å². The zero-order valence-corrected chi connectivity index (χ0v) is 17.2. The third-order valence-corrected chi connectivity index (χ3v) is 5.47. The second-order valence-corrected chi connectivity index (χ2v) is 7.46. The SMILES string of the molecule is O=COc1ccc(-n2cc(-c3cccc4c(=O)cc(N5CCCOCC5)[nH]c34)nn2)cc1. The Hall–Kier alpha value is -3.98. The Morgan fingerprint density at radius 2 is 1.97 bits per heavy atom. The van der Waals surface area contributed by atoms with Crippen molar-refractivity contribution in [2.75, 3.05) is 31.2 Å². The van der Waals surface area contributed by atoms with Crippen LogP contribution in [0.15, 0.2) is 59.5 Å². The van der Waals surface area contributed by atoms with Crippen LogP contribution in [0.5, 0.6) is 5.75 Å². The minimum absolute atomic E-state index is 0.0427. The molecule has 0 amide bonds. The van der Waals surface area contributed by atoms with Crippen LogP contribution >= 0.6 is 0 Å². The van der Waals surface area contributed by atoms with Gasteiger partial charge in [0.15, 0.2) is 5.43 Å². The molecule has 0 atom stereocenters. The first kappa shape index (κ1) is 20.0. The van der Waals surface area contributed by atoms with E-state index in [9.17, 15) is 9.59 Å². The van der Waals surface area contributed by atoms with E-state index in [4.69, 9.17) is 9.47 Å². The number of anilines is 1. The molecule has 1 N–H and O–H groups in total. The minimum Gasteiger partial charge on any atom is -0.429 e. The van der Waals surface area contributed by atoms with E-state index in [-0.39, 0.29) is 5.43 Å². The van der Waals surface area contributed by atoms with E-state index in [0.717, 1.165) is 48.7 Å². The van der Waals surface area contributed by atoms with Crippen molar-refractivity contribution in [3.05, 3.63) is 65.0 Å². The first-order valence-corrected chi connectivity index (χ1v) is 10.3. The lowest BCUT2D eigenvalue weighted by Crippen LogP contribution is -2.28. The summed E-state index contributed by atoms with van der Waals surface area (Å²) in [6.07, 6.45) is 2.71. The average molecular weight is 431 g/mol. The van der Waals surface area contributed by atoms with Gasteiger partial charge >= 0.3 is 0 Å². The molecule has 1 aliphatic heterocycles. The quantitative estimate of drug-likeness (QED) is 0.485. The molecule has 2 aromatic heterocycles. The second-order valence-electron chi connectivity index (χ2n) is 7.46. The van der Waals surface area contributed by atoms with Gasteiger partial charge in [-0.25, -0.2) is 4.68 Å². The summed E-state index contributed by atoms with van der Waals surface area (Å²) in [5, 5.41) is 9.16. The third-order valence-electron chi connectivity index (χ3n) is 5.47. The standard InChI is InChI=1S/C23H21N5O4/c29-15-32-17-7-5-16(6-8-17)28-14-20(25-26-28)18-3-1-4-19-21(30)13-22(24-23(18)19)27-9-2-11-31-12-10-27/h1,3-8,13-15H,2,9-12H2,(H,24,30). The molecule has 32 heavy (non-hydrogen) atoms. The van der Waals surface area contributed by atoms with Crippen molar-refractivity contribution in [1.29, 1.82) is 0 Å². The number of aromatic nitrogens is 4. The van der Waals surface area contributed by atoms with Gasteiger partial charge in [-0.05, 0) is 36.8 Å². The van der Waals surface area contributed by atoms with Crippen molar-refractivity contribution in [2.45, 2.75) is 6.42 Å². The Kier molecular flexibility index (Phi) is 5.39. The Morgan fingerprint density at radius 3 is 2.81 bits per heavy atom. The predicted molar refractivity (Wildman–Crippen MR) is 119 cm³/mol. The molecule has 1 saturated heterocycles. The maximum absolute atomic E-state index is 12.9. The molecule has 1 aliphatic rings. The first-order valence-electron chi connectivity index (χ1n) is 10.3. The normalized spacial score (nSPS) is 14.3. The number of benzene rings is 2. The summed E-state index contributed by atoms with van der Waals surface area (Å²) in [6.45, 7) is 3.29. The van der Waals surface area contributed by atoms with Gasteiger partial charge < -0.3 is 19.4 Å². The van der Waals surface area contributed by atoms with Crippen LogP contribution in [-0.2, 0) is 9.53 Å². The number of carbonyl (C=O) groups excluding carboxylic acids is 1. The van der Waals surface area contributed by atoms with Gasteiger partial charge in [-0.15, -0.1) is 5.10 Å². The van der Waals surface area contributed by atoms with E-state index < -0.39 is 0 Å². The molecule has 0 aliphatic carbocycles. The van der Waals surface area contributed by atoms with Crippen LogP contribution in [0, 0.1) is 0 Å². The van der Waals surface area contributed by atoms with Crippen LogP contribution in [0.4, 0.5) is 5.82 Å². The molecule has 0 saturated carbocycles. The number of carbonyl (C=O) groups is 1. The van der Waals surface area contributed by atoms with Crippen LogP contribution in [0.2, 0.25) is 0 Å². The molecule has 0 radical (unpaired) electrons. The maximum Gasteiger partial charge on any atom is 0.298 e. The Labute approximate surface area is 183 Å². The number of hydrogen-bond acceptors (Lipinski definition) is 7. The molecule has 3 heterocycles. The lowest BCUT2D eigenvalue weighted by atomic mass is 10.1. The Balaban J connectivity index is 1.54. The summed E-state index contributed by atoms with van der Waals surface area (Å²) in [5.41, 5.74) is 2.87. The van der Waals surface area contributed by atoms with E-state index >= 15 is 0 Å². The number of rotatable bonds is 5. The van der Waals surface area contributed by atoms with Crippen LogP contribution in [-0.4, -0.2) is 52.8 Å². The Morgan fingerprint density at radius 1 is 1.09 bits per heavy atom. The van der Waals surface area contributed by atoms with Crippen molar-refractivity contribution in [2.24, 2.45) is 0 Å². The molecule has 162 valence electrons. The summed E-state index contributed by atoms with van der Waals surface area (Å²) in [5.74, 6) is 1.22. The summed E-state index contributed by atoms with van der Waals surface area (Å²) < 4.78 is 12.0. The van der Waals surface area contributed by atoms with Crippen LogP contribution < -0.4 is 15.1 Å². The van der Waals surface area contributed by atoms with Crippen molar-refractivity contribution in [1.82, 2.24) is 20.0 Å². The Bertz CT molecular complexity index is 1300. The van der Waals surface area contributed by atoms with Crippen molar-refractivity contribution in [3.8, 4) is 22.7 Å². The van der Waals surface area contributed by atoms with Gasteiger partial charge in [-0.3, -0.25) is 9.59 Å². The van der Waals surface area contributed by atoms with Gasteiger partial charge in [-0.2, -0.15) is 0 Å². The molecule has 9 nitrogen and oxygen atoms in total. The largest absolute Gasteiger partial charge is 0.429 e. The lowest BCUT2D eigenvalue weighted by Gasteiger charge is -2.22. The number of para-hydroxylation sites is 1. The summed E-state index contributed by atoms with van der Waals surface area (Å²) in [7, 11) is 0. The van der Waals surface area contributed by atoms with Crippen LogP contribution in [0.1, 0.15) is 6.42 Å². The van der Waals surface area contributed by atoms with E-state index in [2.05, 4.69) is 20.2 Å². The fraction of sp³-hybridized carbons (Fsp3) is 0.217. The highest BCUT2D eigenvalue weighted by molar-refractivity contribution is 5.93. The van der Waals surface area contributed by atoms with Crippen molar-refractivity contribution >= 4 is 23.2 Å².